The maximum Gasteiger partial charge on any atom is 0.255 e. The molecule has 0 atom stereocenters. The van der Waals surface area contributed by atoms with E-state index in [0.29, 0.717) is 23.4 Å². The molecule has 3 aromatic rings. The molecule has 3 aromatic carbocycles. The average Bonchev–Trinajstić information content (AvgIpc) is 2.61. The van der Waals surface area contributed by atoms with Gasteiger partial charge in [-0.25, -0.2) is 0 Å². The van der Waals surface area contributed by atoms with Gasteiger partial charge in [0, 0.05) is 17.3 Å². The largest absolute Gasteiger partial charge is 0.494 e. The molecular formula is C20H16N2O2. The third-order valence-electron chi connectivity index (χ3n) is 3.63. The highest BCUT2D eigenvalue weighted by Gasteiger charge is 2.08. The molecule has 0 aliphatic rings. The fraction of sp³-hybridized carbons (Fsp3) is 0.100. The van der Waals surface area contributed by atoms with Gasteiger partial charge in [0.1, 0.15) is 5.75 Å². The lowest BCUT2D eigenvalue weighted by atomic mass is 10.0. The van der Waals surface area contributed by atoms with Gasteiger partial charge in [-0.3, -0.25) is 4.79 Å². The second-order valence-corrected chi connectivity index (χ2v) is 5.30. The zero-order valence-corrected chi connectivity index (χ0v) is 13.2. The maximum atomic E-state index is 12.4. The summed E-state index contributed by atoms with van der Waals surface area (Å²) in [5.41, 5.74) is 1.85. The van der Waals surface area contributed by atoms with Gasteiger partial charge in [-0.2, -0.15) is 5.26 Å². The van der Waals surface area contributed by atoms with E-state index in [1.54, 1.807) is 18.2 Å². The van der Waals surface area contributed by atoms with Crippen LogP contribution in [0.2, 0.25) is 0 Å². The first-order chi connectivity index (χ1) is 11.7. The summed E-state index contributed by atoms with van der Waals surface area (Å²) < 4.78 is 5.44. The van der Waals surface area contributed by atoms with Crippen LogP contribution in [0.15, 0.2) is 60.7 Å². The van der Waals surface area contributed by atoms with E-state index >= 15 is 0 Å². The Morgan fingerprint density at radius 2 is 1.88 bits per heavy atom. The molecule has 0 aromatic heterocycles. The number of rotatable bonds is 4. The summed E-state index contributed by atoms with van der Waals surface area (Å²) in [6, 6.07) is 20.2. The molecule has 0 saturated heterocycles. The Kier molecular flexibility index (Phi) is 4.44. The monoisotopic (exact) mass is 316 g/mol. The van der Waals surface area contributed by atoms with E-state index in [-0.39, 0.29) is 5.91 Å². The Labute approximate surface area is 140 Å². The molecule has 0 spiro atoms. The number of nitrogens with one attached hydrogen (secondary N) is 1. The van der Waals surface area contributed by atoms with Crippen molar-refractivity contribution in [2.75, 3.05) is 11.9 Å². The fourth-order valence-electron chi connectivity index (χ4n) is 2.49. The topological polar surface area (TPSA) is 62.1 Å². The van der Waals surface area contributed by atoms with E-state index in [9.17, 15) is 4.79 Å². The van der Waals surface area contributed by atoms with E-state index in [2.05, 4.69) is 11.4 Å². The van der Waals surface area contributed by atoms with Crippen molar-refractivity contribution < 1.29 is 9.53 Å². The predicted octanol–water partition coefficient (Wildman–Crippen LogP) is 4.36. The molecule has 24 heavy (non-hydrogen) atoms. The highest BCUT2D eigenvalue weighted by molar-refractivity contribution is 6.06. The van der Waals surface area contributed by atoms with Gasteiger partial charge in [0.15, 0.2) is 0 Å². The molecule has 0 fully saturated rings. The molecule has 0 unspecified atom stereocenters. The molecule has 0 aliphatic heterocycles. The molecule has 4 heteroatoms. The lowest BCUT2D eigenvalue weighted by molar-refractivity contribution is 0.102. The number of carbonyl (C=O) groups is 1. The molecule has 0 aliphatic carbocycles. The van der Waals surface area contributed by atoms with Crippen LogP contribution >= 0.6 is 0 Å². The summed E-state index contributed by atoms with van der Waals surface area (Å²) in [6.07, 6.45) is 0. The molecule has 4 nitrogen and oxygen atoms in total. The van der Waals surface area contributed by atoms with Gasteiger partial charge >= 0.3 is 0 Å². The SMILES string of the molecule is CCOc1cccc(NC(=O)c2ccc3cc(C#N)ccc3c2)c1. The molecule has 0 radical (unpaired) electrons. The summed E-state index contributed by atoms with van der Waals surface area (Å²) in [5, 5.41) is 13.7. The van der Waals surface area contributed by atoms with Crippen molar-refractivity contribution in [2.45, 2.75) is 6.92 Å². The van der Waals surface area contributed by atoms with Crippen LogP contribution < -0.4 is 10.1 Å². The highest BCUT2D eigenvalue weighted by atomic mass is 16.5. The first kappa shape index (κ1) is 15.6. The number of ether oxygens (including phenoxy) is 1. The van der Waals surface area contributed by atoms with Crippen LogP contribution in [0.4, 0.5) is 5.69 Å². The van der Waals surface area contributed by atoms with Crippen LogP contribution in [0.5, 0.6) is 5.75 Å². The summed E-state index contributed by atoms with van der Waals surface area (Å²) in [5.74, 6) is 0.535. The van der Waals surface area contributed by atoms with Gasteiger partial charge in [0.25, 0.3) is 5.91 Å². The van der Waals surface area contributed by atoms with E-state index in [4.69, 9.17) is 10.00 Å². The minimum atomic E-state index is -0.185. The fourth-order valence-corrected chi connectivity index (χ4v) is 2.49. The summed E-state index contributed by atoms with van der Waals surface area (Å²) in [7, 11) is 0. The Bertz CT molecular complexity index is 942. The van der Waals surface area contributed by atoms with Crippen LogP contribution in [0.25, 0.3) is 10.8 Å². The molecule has 0 heterocycles. The van der Waals surface area contributed by atoms with Gasteiger partial charge in [-0.05, 0) is 54.1 Å². The number of amides is 1. The molecular weight excluding hydrogens is 300 g/mol. The number of fused-ring (bicyclic) bond motifs is 1. The maximum absolute atomic E-state index is 12.4. The van der Waals surface area contributed by atoms with Gasteiger partial charge in [-0.15, -0.1) is 0 Å². The minimum absolute atomic E-state index is 0.185. The molecule has 0 bridgehead atoms. The Morgan fingerprint density at radius 1 is 1.08 bits per heavy atom. The van der Waals surface area contributed by atoms with Crippen molar-refractivity contribution >= 4 is 22.4 Å². The first-order valence-corrected chi connectivity index (χ1v) is 7.68. The number of nitriles is 1. The van der Waals surface area contributed by atoms with Gasteiger partial charge in [0.05, 0.1) is 18.2 Å². The zero-order valence-electron chi connectivity index (χ0n) is 13.2. The van der Waals surface area contributed by atoms with E-state index in [1.807, 2.05) is 49.4 Å². The van der Waals surface area contributed by atoms with Gasteiger partial charge in [-0.1, -0.05) is 18.2 Å². The highest BCUT2D eigenvalue weighted by Crippen LogP contribution is 2.20. The van der Waals surface area contributed by atoms with E-state index in [1.165, 1.54) is 0 Å². The average molecular weight is 316 g/mol. The van der Waals surface area contributed by atoms with Crippen LogP contribution in [0.1, 0.15) is 22.8 Å². The molecule has 118 valence electrons. The van der Waals surface area contributed by atoms with Crippen LogP contribution in [0, 0.1) is 11.3 Å². The van der Waals surface area contributed by atoms with Crippen molar-refractivity contribution in [3.05, 3.63) is 71.8 Å². The lowest BCUT2D eigenvalue weighted by Crippen LogP contribution is -2.11. The van der Waals surface area contributed by atoms with Crippen molar-refractivity contribution in [3.63, 3.8) is 0 Å². The number of hydrogen-bond donors (Lipinski definition) is 1. The van der Waals surface area contributed by atoms with Crippen molar-refractivity contribution in [1.29, 1.82) is 5.26 Å². The molecule has 3 rings (SSSR count). The van der Waals surface area contributed by atoms with E-state index < -0.39 is 0 Å². The summed E-state index contributed by atoms with van der Waals surface area (Å²) >= 11 is 0. The first-order valence-electron chi connectivity index (χ1n) is 7.68. The number of anilines is 1. The molecule has 1 N–H and O–H groups in total. The third kappa shape index (κ3) is 3.36. The van der Waals surface area contributed by atoms with Crippen molar-refractivity contribution in [1.82, 2.24) is 0 Å². The zero-order chi connectivity index (χ0) is 16.9. The van der Waals surface area contributed by atoms with Crippen LogP contribution in [-0.4, -0.2) is 12.5 Å². The quantitative estimate of drug-likeness (QED) is 0.777. The number of benzene rings is 3. The summed E-state index contributed by atoms with van der Waals surface area (Å²) in [4.78, 5) is 12.4. The van der Waals surface area contributed by atoms with Crippen LogP contribution in [-0.2, 0) is 0 Å². The Hall–Kier alpha value is -3.32. The normalized spacial score (nSPS) is 10.2. The van der Waals surface area contributed by atoms with E-state index in [0.717, 1.165) is 16.5 Å². The Morgan fingerprint density at radius 3 is 2.67 bits per heavy atom. The van der Waals surface area contributed by atoms with Crippen LogP contribution in [0.3, 0.4) is 0 Å². The summed E-state index contributed by atoms with van der Waals surface area (Å²) in [6.45, 7) is 2.49. The standard InChI is InChI=1S/C20H16N2O2/c1-2-24-19-5-3-4-18(12-19)22-20(23)17-9-8-15-10-14(13-21)6-7-16(15)11-17/h3-12H,2H2,1H3,(H,22,23). The number of nitrogens with zero attached hydrogens (tertiary/aromatic N) is 1. The third-order valence-corrected chi connectivity index (χ3v) is 3.63. The smallest absolute Gasteiger partial charge is 0.255 e. The van der Waals surface area contributed by atoms with Crippen molar-refractivity contribution in [2.24, 2.45) is 0 Å². The Balaban J connectivity index is 1.83. The lowest BCUT2D eigenvalue weighted by Gasteiger charge is -2.09. The van der Waals surface area contributed by atoms with Gasteiger partial charge in [0.2, 0.25) is 0 Å². The minimum Gasteiger partial charge on any atom is -0.494 e. The second kappa shape index (κ2) is 6.84. The van der Waals surface area contributed by atoms with Crippen molar-refractivity contribution in [3.8, 4) is 11.8 Å². The number of hydrogen-bond acceptors (Lipinski definition) is 3. The molecule has 1 amide bonds. The molecule has 0 saturated carbocycles. The second-order valence-electron chi connectivity index (χ2n) is 5.30. The predicted molar refractivity (Wildman–Crippen MR) is 94.2 cm³/mol. The number of carbonyl (C=O) groups excluding carboxylic acids is 1. The van der Waals surface area contributed by atoms with Gasteiger partial charge < -0.3 is 10.1 Å².